The Kier molecular flexibility index (Phi) is 7.06. The van der Waals surface area contributed by atoms with Gasteiger partial charge < -0.3 is 0 Å². The van der Waals surface area contributed by atoms with Crippen molar-refractivity contribution in [2.24, 2.45) is 5.18 Å². The predicted octanol–water partition coefficient (Wildman–Crippen LogP) is 5.44. The zero-order valence-corrected chi connectivity index (χ0v) is 10.9. The number of unbranched alkanes of at least 4 members (excludes halogenated alkanes) is 6. The highest BCUT2D eigenvalue weighted by molar-refractivity contribution is 7.15. The molecule has 0 radical (unpaired) electrons. The van der Waals surface area contributed by atoms with Crippen LogP contribution < -0.4 is 0 Å². The van der Waals surface area contributed by atoms with E-state index < -0.39 is 0 Å². The fraction of sp³-hybridized carbons (Fsp3) is 0.692. The van der Waals surface area contributed by atoms with Gasteiger partial charge in [-0.05, 0) is 30.2 Å². The minimum atomic E-state index is 0.609. The second-order valence-electron chi connectivity index (χ2n) is 4.20. The Labute approximate surface area is 102 Å². The lowest BCUT2D eigenvalue weighted by molar-refractivity contribution is 0.590. The number of aryl methyl sites for hydroxylation is 1. The number of rotatable bonds is 9. The largest absolute Gasteiger partial charge is 0.160 e. The summed E-state index contributed by atoms with van der Waals surface area (Å²) in [5.41, 5.74) is 0. The number of hydrogen-bond acceptors (Lipinski definition) is 3. The van der Waals surface area contributed by atoms with Crippen LogP contribution in [0.1, 0.15) is 56.7 Å². The van der Waals surface area contributed by atoms with Gasteiger partial charge in [-0.15, -0.1) is 16.2 Å². The quantitative estimate of drug-likeness (QED) is 0.417. The Morgan fingerprint density at radius 1 is 1.06 bits per heavy atom. The van der Waals surface area contributed by atoms with Gasteiger partial charge in [-0.3, -0.25) is 0 Å². The van der Waals surface area contributed by atoms with Gasteiger partial charge in [0.2, 0.25) is 0 Å². The van der Waals surface area contributed by atoms with Crippen molar-refractivity contribution < 1.29 is 0 Å². The molecule has 0 aromatic carbocycles. The molecular formula is C13H21NOS. The summed E-state index contributed by atoms with van der Waals surface area (Å²) in [5, 5.41) is 3.55. The molecule has 2 nitrogen and oxygen atoms in total. The maximum absolute atomic E-state index is 10.3. The number of thiophene rings is 1. The maximum atomic E-state index is 10.3. The van der Waals surface area contributed by atoms with Gasteiger partial charge >= 0.3 is 0 Å². The molecule has 0 atom stereocenters. The van der Waals surface area contributed by atoms with Crippen LogP contribution in [0.15, 0.2) is 17.3 Å². The monoisotopic (exact) mass is 239 g/mol. The number of nitroso groups, excluding NO2 is 1. The second kappa shape index (κ2) is 8.45. The molecule has 0 bridgehead atoms. The van der Waals surface area contributed by atoms with Crippen LogP contribution in [0, 0.1) is 4.91 Å². The Morgan fingerprint density at radius 2 is 1.75 bits per heavy atom. The van der Waals surface area contributed by atoms with Gasteiger partial charge in [-0.25, -0.2) is 0 Å². The third-order valence-corrected chi connectivity index (χ3v) is 3.79. The summed E-state index contributed by atoms with van der Waals surface area (Å²) in [6.07, 6.45) is 10.5. The molecule has 0 aliphatic rings. The molecule has 1 heterocycles. The van der Waals surface area contributed by atoms with E-state index in [9.17, 15) is 4.91 Å². The van der Waals surface area contributed by atoms with Crippen molar-refractivity contribution in [3.63, 3.8) is 0 Å². The van der Waals surface area contributed by atoms with E-state index in [0.29, 0.717) is 5.00 Å². The molecule has 0 aliphatic carbocycles. The molecule has 0 saturated heterocycles. The third-order valence-electron chi connectivity index (χ3n) is 2.76. The summed E-state index contributed by atoms with van der Waals surface area (Å²) < 4.78 is 0. The van der Waals surface area contributed by atoms with Crippen LogP contribution in [0.5, 0.6) is 0 Å². The SMILES string of the molecule is CCCCCCCCCc1ccc(N=O)s1. The van der Waals surface area contributed by atoms with Crippen LogP contribution in [0.4, 0.5) is 5.00 Å². The van der Waals surface area contributed by atoms with E-state index >= 15 is 0 Å². The molecule has 0 unspecified atom stereocenters. The summed E-state index contributed by atoms with van der Waals surface area (Å²) >= 11 is 1.53. The van der Waals surface area contributed by atoms with Crippen LogP contribution in [-0.4, -0.2) is 0 Å². The Hall–Kier alpha value is -0.700. The molecule has 0 aliphatic heterocycles. The van der Waals surface area contributed by atoms with Gasteiger partial charge in [-0.1, -0.05) is 45.4 Å². The van der Waals surface area contributed by atoms with Gasteiger partial charge in [0.25, 0.3) is 0 Å². The number of nitrogens with zero attached hydrogens (tertiary/aromatic N) is 1. The van der Waals surface area contributed by atoms with Crippen LogP contribution in [0.3, 0.4) is 0 Å². The lowest BCUT2D eigenvalue weighted by Crippen LogP contribution is -1.82. The molecule has 0 saturated carbocycles. The molecule has 1 rings (SSSR count). The Bertz CT molecular complexity index is 296. The highest BCUT2D eigenvalue weighted by atomic mass is 32.1. The van der Waals surface area contributed by atoms with Crippen molar-refractivity contribution >= 4 is 16.3 Å². The van der Waals surface area contributed by atoms with Crippen molar-refractivity contribution in [2.75, 3.05) is 0 Å². The van der Waals surface area contributed by atoms with E-state index in [0.717, 1.165) is 6.42 Å². The molecule has 0 amide bonds. The molecule has 0 fully saturated rings. The lowest BCUT2D eigenvalue weighted by Gasteiger charge is -1.99. The van der Waals surface area contributed by atoms with E-state index in [1.165, 1.54) is 61.2 Å². The minimum absolute atomic E-state index is 0.609. The molecule has 16 heavy (non-hydrogen) atoms. The number of hydrogen-bond donors (Lipinski definition) is 0. The van der Waals surface area contributed by atoms with E-state index in [2.05, 4.69) is 12.1 Å². The van der Waals surface area contributed by atoms with E-state index in [-0.39, 0.29) is 0 Å². The normalized spacial score (nSPS) is 10.6. The van der Waals surface area contributed by atoms with Gasteiger partial charge in [0.1, 0.15) is 0 Å². The fourth-order valence-corrected chi connectivity index (χ4v) is 2.63. The highest BCUT2D eigenvalue weighted by Crippen LogP contribution is 2.25. The van der Waals surface area contributed by atoms with Gasteiger partial charge in [0, 0.05) is 4.88 Å². The smallest absolute Gasteiger partial charge is 0.144 e. The first-order valence-corrected chi connectivity index (χ1v) is 7.10. The highest BCUT2D eigenvalue weighted by Gasteiger charge is 1.99. The first-order chi connectivity index (χ1) is 7.86. The summed E-state index contributed by atoms with van der Waals surface area (Å²) in [4.78, 5) is 11.6. The molecule has 3 heteroatoms. The first kappa shape index (κ1) is 13.4. The fourth-order valence-electron chi connectivity index (χ4n) is 1.81. The lowest BCUT2D eigenvalue weighted by atomic mass is 10.1. The van der Waals surface area contributed by atoms with Crippen LogP contribution in [-0.2, 0) is 6.42 Å². The summed E-state index contributed by atoms with van der Waals surface area (Å²) in [6, 6.07) is 3.84. The van der Waals surface area contributed by atoms with E-state index in [1.54, 1.807) is 0 Å². The zero-order valence-electron chi connectivity index (χ0n) is 10.1. The maximum Gasteiger partial charge on any atom is 0.160 e. The summed E-state index contributed by atoms with van der Waals surface area (Å²) in [7, 11) is 0. The van der Waals surface area contributed by atoms with E-state index in [4.69, 9.17) is 0 Å². The van der Waals surface area contributed by atoms with Crippen molar-refractivity contribution in [3.05, 3.63) is 21.9 Å². The van der Waals surface area contributed by atoms with Crippen molar-refractivity contribution in [1.29, 1.82) is 0 Å². The minimum Gasteiger partial charge on any atom is -0.144 e. The molecule has 1 aromatic heterocycles. The second-order valence-corrected chi connectivity index (χ2v) is 5.35. The summed E-state index contributed by atoms with van der Waals surface area (Å²) in [5.74, 6) is 0. The first-order valence-electron chi connectivity index (χ1n) is 6.29. The molecule has 0 N–H and O–H groups in total. The molecule has 90 valence electrons. The van der Waals surface area contributed by atoms with Crippen molar-refractivity contribution in [1.82, 2.24) is 0 Å². The van der Waals surface area contributed by atoms with Crippen molar-refractivity contribution in [2.45, 2.75) is 58.3 Å². The summed E-state index contributed by atoms with van der Waals surface area (Å²) in [6.45, 7) is 2.25. The standard InChI is InChI=1S/C13H21NOS/c1-2-3-4-5-6-7-8-9-12-10-11-13(14-15)16-12/h10-11H,2-9H2,1H3. The van der Waals surface area contributed by atoms with E-state index in [1.807, 2.05) is 12.1 Å². The Morgan fingerprint density at radius 3 is 2.38 bits per heavy atom. The van der Waals surface area contributed by atoms with Crippen LogP contribution >= 0.6 is 11.3 Å². The molecule has 1 aromatic rings. The van der Waals surface area contributed by atoms with Gasteiger partial charge in [0.05, 0.1) is 0 Å². The average Bonchev–Trinajstić information content (AvgIpc) is 2.76. The van der Waals surface area contributed by atoms with Crippen LogP contribution in [0.2, 0.25) is 0 Å². The topological polar surface area (TPSA) is 29.4 Å². The van der Waals surface area contributed by atoms with Crippen LogP contribution in [0.25, 0.3) is 0 Å². The third kappa shape index (κ3) is 5.40. The van der Waals surface area contributed by atoms with Gasteiger partial charge in [0.15, 0.2) is 5.00 Å². The Balaban J connectivity index is 2.00. The molecular weight excluding hydrogens is 218 g/mol. The zero-order chi connectivity index (χ0) is 11.6. The predicted molar refractivity (Wildman–Crippen MR) is 71.5 cm³/mol. The average molecular weight is 239 g/mol. The van der Waals surface area contributed by atoms with Crippen molar-refractivity contribution in [3.8, 4) is 0 Å². The van der Waals surface area contributed by atoms with Gasteiger partial charge in [-0.2, -0.15) is 0 Å². The molecule has 0 spiro atoms.